The fourth-order valence-electron chi connectivity index (χ4n) is 0.789. The lowest BCUT2D eigenvalue weighted by Crippen LogP contribution is -2.13. The van der Waals surface area contributed by atoms with Crippen molar-refractivity contribution in [1.29, 1.82) is 0 Å². The van der Waals surface area contributed by atoms with Crippen LogP contribution in [0.15, 0.2) is 4.73 Å². The maximum absolute atomic E-state index is 5.20. The molecule has 0 aliphatic heterocycles. The van der Waals surface area contributed by atoms with Crippen LogP contribution in [-0.2, 0) is 6.54 Å². The van der Waals surface area contributed by atoms with Gasteiger partial charge in [0.2, 0.25) is 10.7 Å². The molecular weight excluding hydrogens is 210 g/mol. The van der Waals surface area contributed by atoms with Crippen LogP contribution in [0.5, 0.6) is 0 Å². The average molecular weight is 220 g/mol. The lowest BCUT2D eigenvalue weighted by molar-refractivity contribution is 0.604. The predicted octanol–water partition coefficient (Wildman–Crippen LogP) is 0.736. The second-order valence-electron chi connectivity index (χ2n) is 2.07. The molecular formula is C5H10BrN5. The summed E-state index contributed by atoms with van der Waals surface area (Å²) in [6.45, 7) is 2.88. The molecule has 6 heteroatoms. The predicted molar refractivity (Wildman–Crippen MR) is 45.8 cm³/mol. The Labute approximate surface area is 73.1 Å². The van der Waals surface area contributed by atoms with Crippen molar-refractivity contribution >= 4 is 21.9 Å². The molecule has 0 spiro atoms. The zero-order valence-corrected chi connectivity index (χ0v) is 7.80. The van der Waals surface area contributed by atoms with Gasteiger partial charge in [-0.3, -0.25) is 5.43 Å². The molecule has 0 unspecified atom stereocenters. The normalized spacial score (nSPS) is 10.1. The summed E-state index contributed by atoms with van der Waals surface area (Å²) >= 11 is 3.16. The second-order valence-corrected chi connectivity index (χ2v) is 2.78. The number of aromatic nitrogens is 3. The number of rotatable bonds is 3. The Hall–Kier alpha value is -0.620. The smallest absolute Gasteiger partial charge is 0.236 e. The van der Waals surface area contributed by atoms with Gasteiger partial charge in [-0.05, 0) is 22.4 Å². The van der Waals surface area contributed by atoms with Crippen LogP contribution < -0.4 is 11.3 Å². The molecule has 3 N–H and O–H groups in total. The van der Waals surface area contributed by atoms with Gasteiger partial charge in [-0.2, -0.15) is 4.98 Å². The first-order valence-corrected chi connectivity index (χ1v) is 4.14. The maximum Gasteiger partial charge on any atom is 0.236 e. The minimum absolute atomic E-state index is 0.555. The summed E-state index contributed by atoms with van der Waals surface area (Å²) in [5.74, 6) is 5.78. The van der Waals surface area contributed by atoms with E-state index < -0.39 is 0 Å². The van der Waals surface area contributed by atoms with Gasteiger partial charge < -0.3 is 0 Å². The quantitative estimate of drug-likeness (QED) is 0.582. The van der Waals surface area contributed by atoms with E-state index >= 15 is 0 Å². The van der Waals surface area contributed by atoms with E-state index in [1.807, 2.05) is 0 Å². The summed E-state index contributed by atoms with van der Waals surface area (Å²) in [5, 5.41) is 4.05. The summed E-state index contributed by atoms with van der Waals surface area (Å²) in [6, 6.07) is 0. The first-order chi connectivity index (χ1) is 5.27. The first-order valence-electron chi connectivity index (χ1n) is 3.35. The highest BCUT2D eigenvalue weighted by Gasteiger charge is 2.03. The number of nitrogens with one attached hydrogen (secondary N) is 1. The highest BCUT2D eigenvalue weighted by Crippen LogP contribution is 2.08. The zero-order chi connectivity index (χ0) is 8.27. The monoisotopic (exact) mass is 219 g/mol. The third-order valence-electron chi connectivity index (χ3n) is 1.21. The Morgan fingerprint density at radius 2 is 2.45 bits per heavy atom. The number of hydrogen-bond donors (Lipinski definition) is 2. The molecule has 0 fully saturated rings. The minimum atomic E-state index is 0.555. The molecule has 0 atom stereocenters. The van der Waals surface area contributed by atoms with Crippen LogP contribution in [0.25, 0.3) is 0 Å². The Balaban J connectivity index is 2.83. The molecule has 0 aromatic carbocycles. The third-order valence-corrected chi connectivity index (χ3v) is 1.55. The first kappa shape index (κ1) is 8.48. The molecule has 0 bridgehead atoms. The molecule has 0 radical (unpaired) electrons. The molecule has 1 aromatic rings. The van der Waals surface area contributed by atoms with Crippen LogP contribution in [-0.4, -0.2) is 14.8 Å². The number of halogens is 1. The number of nitrogens with zero attached hydrogens (tertiary/aromatic N) is 3. The molecule has 0 aliphatic carbocycles. The van der Waals surface area contributed by atoms with Crippen LogP contribution in [0.4, 0.5) is 5.95 Å². The van der Waals surface area contributed by atoms with E-state index in [1.165, 1.54) is 0 Å². The summed E-state index contributed by atoms with van der Waals surface area (Å²) < 4.78 is 2.27. The van der Waals surface area contributed by atoms with Crippen LogP contribution in [0.3, 0.4) is 0 Å². The lowest BCUT2D eigenvalue weighted by Gasteiger charge is -2.00. The number of nitrogen functional groups attached to an aromatic ring is 1. The average Bonchev–Trinajstić information content (AvgIpc) is 2.32. The van der Waals surface area contributed by atoms with Gasteiger partial charge >= 0.3 is 0 Å². The Morgan fingerprint density at radius 3 is 3.00 bits per heavy atom. The standard InChI is InChI=1S/C5H10BrN5/c1-2-3-11-5(9-7)8-4(6)10-11/h2-3,7H2,1H3,(H,8,9,10). The summed E-state index contributed by atoms with van der Waals surface area (Å²) in [5.41, 5.74) is 2.46. The minimum Gasteiger partial charge on any atom is -0.293 e. The number of nitrogens with two attached hydrogens (primary N) is 1. The fraction of sp³-hybridized carbons (Fsp3) is 0.600. The third kappa shape index (κ3) is 1.90. The fourth-order valence-corrected chi connectivity index (χ4v) is 1.15. The van der Waals surface area contributed by atoms with Crippen LogP contribution in [0.1, 0.15) is 13.3 Å². The topological polar surface area (TPSA) is 68.8 Å². The van der Waals surface area contributed by atoms with E-state index in [0.717, 1.165) is 13.0 Å². The molecule has 0 aliphatic rings. The SMILES string of the molecule is CCCn1nc(Br)nc1NN. The van der Waals surface area contributed by atoms with Gasteiger partial charge in [0, 0.05) is 6.54 Å². The van der Waals surface area contributed by atoms with E-state index in [1.54, 1.807) is 4.68 Å². The summed E-state index contributed by atoms with van der Waals surface area (Å²) in [7, 11) is 0. The molecule has 62 valence electrons. The lowest BCUT2D eigenvalue weighted by atomic mass is 10.5. The molecule has 1 heterocycles. The molecule has 0 saturated carbocycles. The van der Waals surface area contributed by atoms with Crippen molar-refractivity contribution < 1.29 is 0 Å². The van der Waals surface area contributed by atoms with Crippen LogP contribution >= 0.6 is 15.9 Å². The van der Waals surface area contributed by atoms with Crippen molar-refractivity contribution in [3.05, 3.63) is 4.73 Å². The molecule has 1 rings (SSSR count). The number of aryl methyl sites for hydroxylation is 1. The van der Waals surface area contributed by atoms with Crippen molar-refractivity contribution in [3.8, 4) is 0 Å². The highest BCUT2D eigenvalue weighted by atomic mass is 79.9. The van der Waals surface area contributed by atoms with Crippen LogP contribution in [0.2, 0.25) is 0 Å². The van der Waals surface area contributed by atoms with Crippen molar-refractivity contribution in [2.45, 2.75) is 19.9 Å². The Kier molecular flexibility index (Phi) is 2.84. The Bertz CT molecular complexity index is 233. The summed E-state index contributed by atoms with van der Waals surface area (Å²) in [6.07, 6.45) is 1.00. The maximum atomic E-state index is 5.20. The highest BCUT2D eigenvalue weighted by molar-refractivity contribution is 9.10. The van der Waals surface area contributed by atoms with Gasteiger partial charge in [-0.25, -0.2) is 10.5 Å². The van der Waals surface area contributed by atoms with Gasteiger partial charge in [0.05, 0.1) is 0 Å². The van der Waals surface area contributed by atoms with E-state index in [9.17, 15) is 0 Å². The Morgan fingerprint density at radius 1 is 1.73 bits per heavy atom. The van der Waals surface area contributed by atoms with Crippen molar-refractivity contribution in [1.82, 2.24) is 14.8 Å². The van der Waals surface area contributed by atoms with E-state index in [4.69, 9.17) is 5.84 Å². The van der Waals surface area contributed by atoms with Gasteiger partial charge in [0.25, 0.3) is 0 Å². The second kappa shape index (κ2) is 3.68. The van der Waals surface area contributed by atoms with E-state index in [0.29, 0.717) is 10.7 Å². The largest absolute Gasteiger partial charge is 0.293 e. The van der Waals surface area contributed by atoms with Crippen molar-refractivity contribution in [3.63, 3.8) is 0 Å². The molecule has 0 amide bonds. The molecule has 11 heavy (non-hydrogen) atoms. The zero-order valence-electron chi connectivity index (χ0n) is 6.21. The van der Waals surface area contributed by atoms with E-state index in [-0.39, 0.29) is 0 Å². The molecule has 5 nitrogen and oxygen atoms in total. The number of anilines is 1. The van der Waals surface area contributed by atoms with Gasteiger partial charge in [0.1, 0.15) is 0 Å². The van der Waals surface area contributed by atoms with Crippen molar-refractivity contribution in [2.75, 3.05) is 5.43 Å². The van der Waals surface area contributed by atoms with Crippen LogP contribution in [0, 0.1) is 0 Å². The van der Waals surface area contributed by atoms with Gasteiger partial charge in [0.15, 0.2) is 0 Å². The summed E-state index contributed by atoms with van der Waals surface area (Å²) in [4.78, 5) is 3.98. The number of hydrazine groups is 1. The number of hydrogen-bond acceptors (Lipinski definition) is 4. The molecule has 1 aromatic heterocycles. The van der Waals surface area contributed by atoms with Gasteiger partial charge in [-0.1, -0.05) is 6.92 Å². The van der Waals surface area contributed by atoms with E-state index in [2.05, 4.69) is 38.4 Å². The molecule has 0 saturated heterocycles. The van der Waals surface area contributed by atoms with Crippen molar-refractivity contribution in [2.24, 2.45) is 5.84 Å². The van der Waals surface area contributed by atoms with Gasteiger partial charge in [-0.15, -0.1) is 5.10 Å².